The van der Waals surface area contributed by atoms with Gasteiger partial charge in [-0.2, -0.15) is 4.98 Å². The van der Waals surface area contributed by atoms with E-state index >= 15 is 0 Å². The lowest BCUT2D eigenvalue weighted by atomic mass is 10.4. The van der Waals surface area contributed by atoms with Crippen LogP contribution in [0.4, 0.5) is 5.95 Å². The van der Waals surface area contributed by atoms with E-state index in [0.717, 1.165) is 11.0 Å². The predicted molar refractivity (Wildman–Crippen MR) is 53.7 cm³/mol. The molecule has 0 unspecified atom stereocenters. The van der Waals surface area contributed by atoms with Gasteiger partial charge in [0.2, 0.25) is 5.95 Å². The van der Waals surface area contributed by atoms with Crippen LogP contribution in [0, 0.1) is 0 Å². The Bertz CT molecular complexity index is 575. The molecule has 15 heavy (non-hydrogen) atoms. The Morgan fingerprint density at radius 2 is 2.13 bits per heavy atom. The minimum absolute atomic E-state index is 0.198. The second kappa shape index (κ2) is 2.77. The zero-order chi connectivity index (χ0) is 10.3. The van der Waals surface area contributed by atoms with Gasteiger partial charge in [0.25, 0.3) is 0 Å². The first-order chi connectivity index (χ1) is 7.33. The molecule has 0 amide bonds. The molecule has 0 aliphatic heterocycles. The van der Waals surface area contributed by atoms with E-state index in [4.69, 9.17) is 5.73 Å². The molecule has 7 nitrogen and oxygen atoms in total. The number of nitrogens with two attached hydrogens (primary N) is 1. The third-order valence-electron chi connectivity index (χ3n) is 2.01. The van der Waals surface area contributed by atoms with E-state index in [1.807, 2.05) is 6.07 Å². The zero-order valence-electron chi connectivity index (χ0n) is 7.60. The summed E-state index contributed by atoms with van der Waals surface area (Å²) in [4.78, 5) is 15.3. The number of hydrogen-bond donors (Lipinski definition) is 3. The molecule has 0 bridgehead atoms. The van der Waals surface area contributed by atoms with Crippen molar-refractivity contribution in [1.82, 2.24) is 30.1 Å². The number of fused-ring (bicyclic) bond motifs is 1. The summed E-state index contributed by atoms with van der Waals surface area (Å²) >= 11 is 0. The quantitative estimate of drug-likeness (QED) is 0.525. The maximum atomic E-state index is 5.40. The van der Waals surface area contributed by atoms with Crippen molar-refractivity contribution in [3.63, 3.8) is 0 Å². The summed E-state index contributed by atoms with van der Waals surface area (Å²) in [6.07, 6.45) is 3.38. The summed E-state index contributed by atoms with van der Waals surface area (Å²) in [7, 11) is 0. The van der Waals surface area contributed by atoms with Crippen LogP contribution in [-0.2, 0) is 0 Å². The molecule has 3 aromatic rings. The fourth-order valence-corrected chi connectivity index (χ4v) is 1.35. The number of H-pyrrole nitrogens is 2. The average molecular weight is 201 g/mol. The number of imidazole rings is 1. The summed E-state index contributed by atoms with van der Waals surface area (Å²) in [6.45, 7) is 0. The number of hydrogen-bond acceptors (Lipinski definition) is 5. The van der Waals surface area contributed by atoms with Gasteiger partial charge in [-0.05, 0) is 6.07 Å². The number of anilines is 1. The van der Waals surface area contributed by atoms with Gasteiger partial charge in [0.1, 0.15) is 0 Å². The van der Waals surface area contributed by atoms with Crippen LogP contribution >= 0.6 is 0 Å². The minimum atomic E-state index is 0.198. The van der Waals surface area contributed by atoms with Gasteiger partial charge < -0.3 is 10.7 Å². The molecule has 4 N–H and O–H groups in total. The largest absolute Gasteiger partial charge is 0.366 e. The summed E-state index contributed by atoms with van der Waals surface area (Å²) in [5, 5.41) is 6.41. The summed E-state index contributed by atoms with van der Waals surface area (Å²) in [6, 6.07) is 1.81. The minimum Gasteiger partial charge on any atom is -0.366 e. The molecule has 0 spiro atoms. The second-order valence-electron chi connectivity index (χ2n) is 3.02. The van der Waals surface area contributed by atoms with Crippen LogP contribution in [0.25, 0.3) is 22.7 Å². The Balaban J connectivity index is 2.19. The van der Waals surface area contributed by atoms with Crippen LogP contribution in [-0.4, -0.2) is 30.1 Å². The zero-order valence-corrected chi connectivity index (χ0v) is 7.60. The number of rotatable bonds is 1. The van der Waals surface area contributed by atoms with E-state index in [2.05, 4.69) is 30.1 Å². The molecular formula is C8H7N7. The Morgan fingerprint density at radius 1 is 1.20 bits per heavy atom. The highest BCUT2D eigenvalue weighted by Gasteiger charge is 2.08. The van der Waals surface area contributed by atoms with Crippen LogP contribution in [0.2, 0.25) is 0 Å². The van der Waals surface area contributed by atoms with Crippen molar-refractivity contribution in [3.8, 4) is 11.6 Å². The first-order valence-electron chi connectivity index (χ1n) is 4.31. The number of nitrogens with one attached hydrogen (secondary N) is 2. The van der Waals surface area contributed by atoms with Crippen molar-refractivity contribution in [2.75, 3.05) is 5.73 Å². The van der Waals surface area contributed by atoms with Gasteiger partial charge >= 0.3 is 0 Å². The number of aromatic nitrogens is 6. The average Bonchev–Trinajstić information content (AvgIpc) is 2.82. The molecule has 0 saturated heterocycles. The van der Waals surface area contributed by atoms with Crippen LogP contribution in [0.5, 0.6) is 0 Å². The number of pyridine rings is 1. The van der Waals surface area contributed by atoms with Crippen molar-refractivity contribution in [2.45, 2.75) is 0 Å². The summed E-state index contributed by atoms with van der Waals surface area (Å²) in [5.74, 6) is 1.31. The first-order valence-corrected chi connectivity index (χ1v) is 4.31. The number of aromatic amines is 2. The fraction of sp³-hybridized carbons (Fsp3) is 0. The third kappa shape index (κ3) is 1.21. The van der Waals surface area contributed by atoms with E-state index < -0.39 is 0 Å². The van der Waals surface area contributed by atoms with Crippen molar-refractivity contribution in [2.24, 2.45) is 0 Å². The standard InChI is InChI=1S/C8H7N7/c9-8-13-7(14-15-8)6-11-4-1-2-10-3-5(4)12-6/h1-3H,(H,11,12)(H3,9,13,14,15). The van der Waals surface area contributed by atoms with Crippen LogP contribution in [0.3, 0.4) is 0 Å². The lowest BCUT2D eigenvalue weighted by Gasteiger charge is -1.84. The van der Waals surface area contributed by atoms with E-state index in [-0.39, 0.29) is 5.95 Å². The molecular weight excluding hydrogens is 194 g/mol. The van der Waals surface area contributed by atoms with Crippen molar-refractivity contribution >= 4 is 17.0 Å². The Morgan fingerprint density at radius 3 is 2.87 bits per heavy atom. The van der Waals surface area contributed by atoms with Crippen LogP contribution in [0.1, 0.15) is 0 Å². The molecule has 3 aromatic heterocycles. The highest BCUT2D eigenvalue weighted by atomic mass is 15.3. The molecule has 0 saturated carbocycles. The normalized spacial score (nSPS) is 10.9. The molecule has 0 aromatic carbocycles. The van der Waals surface area contributed by atoms with Gasteiger partial charge in [0.05, 0.1) is 17.2 Å². The summed E-state index contributed by atoms with van der Waals surface area (Å²) in [5.41, 5.74) is 7.08. The SMILES string of the molecule is Nc1n[nH]c(-c2nc3ccncc3[nH]2)n1. The van der Waals surface area contributed by atoms with Gasteiger partial charge in [-0.1, -0.05) is 0 Å². The highest BCUT2D eigenvalue weighted by molar-refractivity contribution is 5.76. The van der Waals surface area contributed by atoms with E-state index in [9.17, 15) is 0 Å². The van der Waals surface area contributed by atoms with E-state index in [1.165, 1.54) is 0 Å². The molecule has 0 aliphatic rings. The Kier molecular flexibility index (Phi) is 1.46. The lowest BCUT2D eigenvalue weighted by Crippen LogP contribution is -1.86. The molecule has 0 fully saturated rings. The molecule has 0 atom stereocenters. The topological polar surface area (TPSA) is 109 Å². The molecule has 74 valence electrons. The van der Waals surface area contributed by atoms with Crippen LogP contribution in [0.15, 0.2) is 18.5 Å². The lowest BCUT2D eigenvalue weighted by molar-refractivity contribution is 1.09. The maximum Gasteiger partial charge on any atom is 0.239 e. The summed E-state index contributed by atoms with van der Waals surface area (Å²) < 4.78 is 0. The van der Waals surface area contributed by atoms with Gasteiger partial charge in [-0.3, -0.25) is 10.1 Å². The third-order valence-corrected chi connectivity index (χ3v) is 2.01. The Labute approximate surface area is 83.8 Å². The highest BCUT2D eigenvalue weighted by Crippen LogP contribution is 2.16. The second-order valence-corrected chi connectivity index (χ2v) is 3.02. The van der Waals surface area contributed by atoms with Gasteiger partial charge in [0, 0.05) is 6.20 Å². The molecule has 0 radical (unpaired) electrons. The fourth-order valence-electron chi connectivity index (χ4n) is 1.35. The molecule has 3 heterocycles. The monoisotopic (exact) mass is 201 g/mol. The van der Waals surface area contributed by atoms with Crippen LogP contribution < -0.4 is 5.73 Å². The van der Waals surface area contributed by atoms with E-state index in [0.29, 0.717) is 11.6 Å². The van der Waals surface area contributed by atoms with Gasteiger partial charge in [0.15, 0.2) is 11.6 Å². The molecule has 0 aliphatic carbocycles. The van der Waals surface area contributed by atoms with E-state index in [1.54, 1.807) is 12.4 Å². The predicted octanol–water partition coefficient (Wildman–Crippen LogP) is 0.325. The first kappa shape index (κ1) is 7.92. The Hall–Kier alpha value is -2.44. The molecule has 3 rings (SSSR count). The van der Waals surface area contributed by atoms with Crippen molar-refractivity contribution in [1.29, 1.82) is 0 Å². The smallest absolute Gasteiger partial charge is 0.239 e. The van der Waals surface area contributed by atoms with Crippen molar-refractivity contribution in [3.05, 3.63) is 18.5 Å². The molecule has 7 heteroatoms. The maximum absolute atomic E-state index is 5.40. The van der Waals surface area contributed by atoms with Crippen molar-refractivity contribution < 1.29 is 0 Å². The van der Waals surface area contributed by atoms with Gasteiger partial charge in [-0.15, -0.1) is 5.10 Å². The number of nitrogen functional groups attached to an aromatic ring is 1. The van der Waals surface area contributed by atoms with Gasteiger partial charge in [-0.25, -0.2) is 4.98 Å². The number of nitrogens with zero attached hydrogens (tertiary/aromatic N) is 4.